The highest BCUT2D eigenvalue weighted by molar-refractivity contribution is 6.30. The molecule has 30 heavy (non-hydrogen) atoms. The summed E-state index contributed by atoms with van der Waals surface area (Å²) in [6.45, 7) is 2.19. The predicted molar refractivity (Wildman–Crippen MR) is 115 cm³/mol. The summed E-state index contributed by atoms with van der Waals surface area (Å²) in [4.78, 5) is 26.7. The van der Waals surface area contributed by atoms with Crippen LogP contribution in [0.3, 0.4) is 0 Å². The molecule has 4 rings (SSSR count). The third-order valence-electron chi connectivity index (χ3n) is 5.08. The van der Waals surface area contributed by atoms with Gasteiger partial charge in [0.1, 0.15) is 6.54 Å². The van der Waals surface area contributed by atoms with Crippen LogP contribution in [-0.4, -0.2) is 34.6 Å². The average Bonchev–Trinajstić information content (AvgIpc) is 3.16. The van der Waals surface area contributed by atoms with Gasteiger partial charge in [0.2, 0.25) is 0 Å². The Kier molecular flexibility index (Phi) is 5.77. The van der Waals surface area contributed by atoms with Gasteiger partial charge in [0.25, 0.3) is 0 Å². The average molecular weight is 424 g/mol. The number of fused-ring (bicyclic) bond motifs is 3. The van der Waals surface area contributed by atoms with E-state index in [2.05, 4.69) is 9.88 Å². The summed E-state index contributed by atoms with van der Waals surface area (Å²) in [6, 6.07) is 18.7. The molecule has 0 bridgehead atoms. The summed E-state index contributed by atoms with van der Waals surface area (Å²) in [5.41, 5.74) is 3.85. The molecule has 1 aliphatic rings. The third kappa shape index (κ3) is 3.91. The van der Waals surface area contributed by atoms with E-state index >= 15 is 0 Å². The van der Waals surface area contributed by atoms with Crippen molar-refractivity contribution in [2.75, 3.05) is 13.2 Å². The molecule has 1 aromatic heterocycles. The molecule has 0 radical (unpaired) electrons. The maximum Gasteiger partial charge on any atom is 0.325 e. The monoisotopic (exact) mass is 423 g/mol. The fraction of sp³-hybridized carbons (Fsp3) is 0.217. The zero-order valence-corrected chi connectivity index (χ0v) is 17.3. The fourth-order valence-electron chi connectivity index (χ4n) is 3.83. The van der Waals surface area contributed by atoms with Crippen molar-refractivity contribution < 1.29 is 14.3 Å². The first-order chi connectivity index (χ1) is 14.6. The minimum atomic E-state index is -0.469. The molecule has 0 fully saturated rings. The van der Waals surface area contributed by atoms with Crippen molar-refractivity contribution in [3.05, 3.63) is 88.7 Å². The molecule has 1 aliphatic heterocycles. The number of benzene rings is 2. The van der Waals surface area contributed by atoms with E-state index in [1.54, 1.807) is 17.9 Å². The van der Waals surface area contributed by atoms with Gasteiger partial charge in [-0.15, -0.1) is 0 Å². The van der Waals surface area contributed by atoms with Gasteiger partial charge in [-0.05, 0) is 48.4 Å². The third-order valence-corrected chi connectivity index (χ3v) is 5.31. The number of amides is 2. The molecule has 154 valence electrons. The Bertz CT molecular complexity index is 1080. The number of hydrogen-bond donors (Lipinski definition) is 1. The molecular weight excluding hydrogens is 402 g/mol. The smallest absolute Gasteiger partial charge is 0.325 e. The highest BCUT2D eigenvalue weighted by atomic mass is 35.5. The molecular formula is C23H22ClN3O3. The number of hydrogen-bond acceptors (Lipinski definition) is 3. The summed E-state index contributed by atoms with van der Waals surface area (Å²) in [5, 5.41) is 3.30. The minimum absolute atomic E-state index is 0.186. The maximum absolute atomic E-state index is 13.2. The van der Waals surface area contributed by atoms with E-state index in [4.69, 9.17) is 16.3 Å². The number of urea groups is 1. The molecule has 6 nitrogen and oxygen atoms in total. The summed E-state index contributed by atoms with van der Waals surface area (Å²) in [5.74, 6) is -0.469. The van der Waals surface area contributed by atoms with Crippen LogP contribution in [0.15, 0.2) is 66.9 Å². The second kappa shape index (κ2) is 8.63. The van der Waals surface area contributed by atoms with Crippen LogP contribution < -0.4 is 5.32 Å². The molecule has 2 heterocycles. The number of nitrogens with zero attached hydrogens (tertiary/aromatic N) is 2. The molecule has 1 N–H and O–H groups in total. The van der Waals surface area contributed by atoms with Crippen LogP contribution in [0, 0.1) is 0 Å². The van der Waals surface area contributed by atoms with Gasteiger partial charge in [0.05, 0.1) is 24.9 Å². The molecule has 0 aliphatic carbocycles. The zero-order valence-electron chi connectivity index (χ0n) is 16.5. The Balaban J connectivity index is 1.77. The van der Waals surface area contributed by atoms with Crippen molar-refractivity contribution >= 4 is 23.6 Å². The van der Waals surface area contributed by atoms with Gasteiger partial charge in [-0.1, -0.05) is 41.9 Å². The highest BCUT2D eigenvalue weighted by Crippen LogP contribution is 2.37. The first kappa shape index (κ1) is 20.0. The minimum Gasteiger partial charge on any atom is -0.465 e. The number of aromatic nitrogens is 1. The number of carbonyl (C=O) groups excluding carboxylic acids is 2. The molecule has 0 saturated carbocycles. The van der Waals surface area contributed by atoms with Crippen LogP contribution in [0.4, 0.5) is 4.79 Å². The predicted octanol–water partition coefficient (Wildman–Crippen LogP) is 4.31. The Morgan fingerprint density at radius 2 is 1.97 bits per heavy atom. The lowest BCUT2D eigenvalue weighted by Crippen LogP contribution is -2.44. The van der Waals surface area contributed by atoms with Gasteiger partial charge >= 0.3 is 12.0 Å². The lowest BCUT2D eigenvalue weighted by molar-refractivity contribution is -0.141. The lowest BCUT2D eigenvalue weighted by Gasteiger charge is -2.31. The molecule has 7 heteroatoms. The summed E-state index contributed by atoms with van der Waals surface area (Å²) >= 11 is 6.27. The Labute approximate surface area is 180 Å². The van der Waals surface area contributed by atoms with Gasteiger partial charge in [-0.3, -0.25) is 4.79 Å². The first-order valence-corrected chi connectivity index (χ1v) is 10.2. The number of halogens is 1. The van der Waals surface area contributed by atoms with Gasteiger partial charge in [0, 0.05) is 16.9 Å². The number of ether oxygens (including phenoxy) is 1. The SMILES string of the molecule is CCOC(=O)CNC(=O)N1Cc2ccccc2-n2cccc2C1c1cccc(Cl)c1. The van der Waals surface area contributed by atoms with E-state index < -0.39 is 5.97 Å². The first-order valence-electron chi connectivity index (χ1n) is 9.79. The molecule has 3 aromatic rings. The van der Waals surface area contributed by atoms with Crippen LogP contribution in [0.25, 0.3) is 5.69 Å². The van der Waals surface area contributed by atoms with Crippen molar-refractivity contribution in [1.29, 1.82) is 0 Å². The largest absolute Gasteiger partial charge is 0.465 e. The van der Waals surface area contributed by atoms with E-state index in [1.165, 1.54) is 0 Å². The maximum atomic E-state index is 13.2. The number of rotatable bonds is 4. The normalized spacial score (nSPS) is 15.0. The fourth-order valence-corrected chi connectivity index (χ4v) is 4.03. The Morgan fingerprint density at radius 3 is 2.77 bits per heavy atom. The number of carbonyl (C=O) groups is 2. The zero-order chi connectivity index (χ0) is 21.1. The van der Waals surface area contributed by atoms with Crippen LogP contribution in [0.5, 0.6) is 0 Å². The lowest BCUT2D eigenvalue weighted by atomic mass is 10.0. The summed E-state index contributed by atoms with van der Waals surface area (Å²) in [6.07, 6.45) is 1.99. The summed E-state index contributed by atoms with van der Waals surface area (Å²) < 4.78 is 7.03. The summed E-state index contributed by atoms with van der Waals surface area (Å²) in [7, 11) is 0. The van der Waals surface area contributed by atoms with Crippen LogP contribution in [-0.2, 0) is 16.1 Å². The standard InChI is InChI=1S/C23H22ClN3O3/c1-2-30-21(28)14-25-23(29)27-15-17-7-3-4-10-19(17)26-12-6-11-20(26)22(27)16-8-5-9-18(24)13-16/h3-13,22H,2,14-15H2,1H3,(H,25,29). The molecule has 1 atom stereocenters. The van der Waals surface area contributed by atoms with E-state index in [-0.39, 0.29) is 25.2 Å². The quantitative estimate of drug-likeness (QED) is 0.636. The molecule has 0 spiro atoms. The van der Waals surface area contributed by atoms with E-state index in [0.717, 1.165) is 22.5 Å². The van der Waals surface area contributed by atoms with Gasteiger partial charge in [0.15, 0.2) is 0 Å². The van der Waals surface area contributed by atoms with Crippen molar-refractivity contribution in [3.63, 3.8) is 0 Å². The Morgan fingerprint density at radius 1 is 1.13 bits per heavy atom. The van der Waals surface area contributed by atoms with E-state index in [9.17, 15) is 9.59 Å². The van der Waals surface area contributed by atoms with Crippen molar-refractivity contribution in [1.82, 2.24) is 14.8 Å². The number of para-hydroxylation sites is 1. The number of nitrogens with one attached hydrogen (secondary N) is 1. The van der Waals surface area contributed by atoms with Crippen molar-refractivity contribution in [2.24, 2.45) is 0 Å². The van der Waals surface area contributed by atoms with Crippen molar-refractivity contribution in [2.45, 2.75) is 19.5 Å². The topological polar surface area (TPSA) is 63.6 Å². The van der Waals surface area contributed by atoms with Gasteiger partial charge in [-0.2, -0.15) is 0 Å². The van der Waals surface area contributed by atoms with Crippen LogP contribution >= 0.6 is 11.6 Å². The Hall–Kier alpha value is -3.25. The molecule has 2 aromatic carbocycles. The second-order valence-electron chi connectivity index (χ2n) is 6.98. The van der Waals surface area contributed by atoms with Gasteiger partial charge in [-0.25, -0.2) is 4.79 Å². The molecule has 0 saturated heterocycles. The highest BCUT2D eigenvalue weighted by Gasteiger charge is 2.33. The van der Waals surface area contributed by atoms with Gasteiger partial charge < -0.3 is 19.5 Å². The number of esters is 1. The van der Waals surface area contributed by atoms with E-state index in [0.29, 0.717) is 11.6 Å². The molecule has 2 amide bonds. The van der Waals surface area contributed by atoms with Crippen LogP contribution in [0.1, 0.15) is 29.8 Å². The van der Waals surface area contributed by atoms with Crippen LogP contribution in [0.2, 0.25) is 5.02 Å². The van der Waals surface area contributed by atoms with E-state index in [1.807, 2.05) is 60.8 Å². The second-order valence-corrected chi connectivity index (χ2v) is 7.42. The molecule has 1 unspecified atom stereocenters. The van der Waals surface area contributed by atoms with Crippen molar-refractivity contribution in [3.8, 4) is 5.69 Å².